The molecule has 0 atom stereocenters. The summed E-state index contributed by atoms with van der Waals surface area (Å²) in [6.07, 6.45) is 9.99. The summed E-state index contributed by atoms with van der Waals surface area (Å²) in [4.78, 5) is 23.8. The number of nitrogens with zero attached hydrogens (tertiary/aromatic N) is 3. The van der Waals surface area contributed by atoms with E-state index in [1.165, 1.54) is 0 Å². The highest BCUT2D eigenvalue weighted by atomic mass is 35.5. The zero-order valence-corrected chi connectivity index (χ0v) is 15.5. The second kappa shape index (κ2) is 7.23. The molecule has 1 saturated carbocycles. The Kier molecular flexibility index (Phi) is 4.81. The topological polar surface area (TPSA) is 58.1 Å². The van der Waals surface area contributed by atoms with Crippen molar-refractivity contribution >= 4 is 23.3 Å². The van der Waals surface area contributed by atoms with Crippen LogP contribution in [0.25, 0.3) is 0 Å². The molecule has 1 aromatic heterocycles. The van der Waals surface area contributed by atoms with E-state index in [9.17, 15) is 4.79 Å². The van der Waals surface area contributed by atoms with E-state index in [0.717, 1.165) is 56.6 Å². The Balaban J connectivity index is 1.38. The number of rotatable bonds is 4. The van der Waals surface area contributed by atoms with Gasteiger partial charge >= 0.3 is 0 Å². The number of halogens is 1. The van der Waals surface area contributed by atoms with Gasteiger partial charge in [0.2, 0.25) is 5.91 Å². The normalized spacial score (nSPS) is 19.7. The van der Waals surface area contributed by atoms with Gasteiger partial charge in [-0.05, 0) is 43.4 Å². The fraction of sp³-hybridized carbons (Fsp3) is 0.450. The molecule has 6 heteroatoms. The van der Waals surface area contributed by atoms with Crippen molar-refractivity contribution in [3.8, 4) is 0 Å². The predicted octanol–water partition coefficient (Wildman–Crippen LogP) is 3.34. The number of anilines is 1. The first-order valence-electron chi connectivity index (χ1n) is 9.25. The Bertz CT molecular complexity index is 753. The van der Waals surface area contributed by atoms with Gasteiger partial charge in [0.15, 0.2) is 0 Å². The van der Waals surface area contributed by atoms with Crippen LogP contribution in [0, 0.1) is 0 Å². The number of carbonyl (C=O) groups is 1. The maximum absolute atomic E-state index is 13.1. The zero-order valence-electron chi connectivity index (χ0n) is 14.7. The highest BCUT2D eigenvalue weighted by molar-refractivity contribution is 6.30. The van der Waals surface area contributed by atoms with Crippen molar-refractivity contribution in [3.05, 3.63) is 53.4 Å². The standard InChI is InChI=1S/C20H23ClN4O/c21-16-4-2-15(3-5-16)20(8-1-9-20)19(26)24-17-6-12-25(13-7-17)18-14-22-10-11-23-18/h2-5,10-11,14,17H,1,6-9,12-13H2,(H,24,26). The third kappa shape index (κ3) is 3.28. The van der Waals surface area contributed by atoms with E-state index in [-0.39, 0.29) is 17.4 Å². The molecule has 0 unspecified atom stereocenters. The Morgan fingerprint density at radius 1 is 1.15 bits per heavy atom. The SMILES string of the molecule is O=C(NC1CCN(c2cnccn2)CC1)C1(c2ccc(Cl)cc2)CCC1. The molecule has 1 aliphatic carbocycles. The second-order valence-corrected chi connectivity index (χ2v) is 7.68. The Morgan fingerprint density at radius 2 is 1.88 bits per heavy atom. The molecule has 1 amide bonds. The number of hydrogen-bond donors (Lipinski definition) is 1. The average molecular weight is 371 g/mol. The summed E-state index contributed by atoms with van der Waals surface area (Å²) >= 11 is 6.01. The third-order valence-electron chi connectivity index (χ3n) is 5.74. The van der Waals surface area contributed by atoms with Crippen molar-refractivity contribution in [1.29, 1.82) is 0 Å². The lowest BCUT2D eigenvalue weighted by Gasteiger charge is -2.42. The Hall–Kier alpha value is -2.14. The summed E-state index contributed by atoms with van der Waals surface area (Å²) in [7, 11) is 0. The predicted molar refractivity (Wildman–Crippen MR) is 102 cm³/mol. The van der Waals surface area contributed by atoms with E-state index in [0.29, 0.717) is 5.02 Å². The average Bonchev–Trinajstić information content (AvgIpc) is 2.64. The molecule has 2 aliphatic rings. The first kappa shape index (κ1) is 17.3. The van der Waals surface area contributed by atoms with Gasteiger partial charge in [-0.3, -0.25) is 9.78 Å². The first-order chi connectivity index (χ1) is 12.7. The lowest BCUT2D eigenvalue weighted by Crippen LogP contribution is -2.54. The molecular formula is C20H23ClN4O. The number of hydrogen-bond acceptors (Lipinski definition) is 4. The minimum absolute atomic E-state index is 0.170. The monoisotopic (exact) mass is 370 g/mol. The van der Waals surface area contributed by atoms with Gasteiger partial charge in [-0.1, -0.05) is 30.2 Å². The fourth-order valence-corrected chi connectivity index (χ4v) is 4.10. The summed E-state index contributed by atoms with van der Waals surface area (Å²) < 4.78 is 0. The van der Waals surface area contributed by atoms with Crippen molar-refractivity contribution in [3.63, 3.8) is 0 Å². The largest absolute Gasteiger partial charge is 0.355 e. The maximum atomic E-state index is 13.1. The van der Waals surface area contributed by atoms with Crippen LogP contribution in [0.1, 0.15) is 37.7 Å². The highest BCUT2D eigenvalue weighted by Crippen LogP contribution is 2.44. The smallest absolute Gasteiger partial charge is 0.230 e. The summed E-state index contributed by atoms with van der Waals surface area (Å²) in [5.74, 6) is 1.08. The van der Waals surface area contributed by atoms with Gasteiger partial charge in [0.1, 0.15) is 5.82 Å². The molecule has 1 N–H and O–H groups in total. The maximum Gasteiger partial charge on any atom is 0.230 e. The molecule has 2 aromatic rings. The molecule has 1 aromatic carbocycles. The van der Waals surface area contributed by atoms with Crippen molar-refractivity contribution in [2.45, 2.75) is 43.6 Å². The molecule has 0 spiro atoms. The van der Waals surface area contributed by atoms with Gasteiger partial charge in [0.25, 0.3) is 0 Å². The second-order valence-electron chi connectivity index (χ2n) is 7.24. The minimum atomic E-state index is -0.368. The van der Waals surface area contributed by atoms with E-state index in [1.807, 2.05) is 24.3 Å². The fourth-order valence-electron chi connectivity index (χ4n) is 3.98. The van der Waals surface area contributed by atoms with Crippen molar-refractivity contribution in [2.75, 3.05) is 18.0 Å². The van der Waals surface area contributed by atoms with E-state index >= 15 is 0 Å². The van der Waals surface area contributed by atoms with Crippen LogP contribution in [-0.2, 0) is 10.2 Å². The lowest BCUT2D eigenvalue weighted by atomic mass is 9.63. The number of carbonyl (C=O) groups excluding carboxylic acids is 1. The van der Waals surface area contributed by atoms with Gasteiger partial charge in [0, 0.05) is 36.5 Å². The molecule has 2 fully saturated rings. The first-order valence-corrected chi connectivity index (χ1v) is 9.63. The number of piperidine rings is 1. The van der Waals surface area contributed by atoms with E-state index in [2.05, 4.69) is 20.2 Å². The van der Waals surface area contributed by atoms with Gasteiger partial charge < -0.3 is 10.2 Å². The van der Waals surface area contributed by atoms with Crippen LogP contribution in [0.2, 0.25) is 5.02 Å². The van der Waals surface area contributed by atoms with Crippen LogP contribution < -0.4 is 10.2 Å². The molecule has 136 valence electrons. The molecule has 1 aliphatic heterocycles. The summed E-state index contributed by atoms with van der Waals surface area (Å²) in [5.41, 5.74) is 0.717. The van der Waals surface area contributed by atoms with Crippen LogP contribution in [0.3, 0.4) is 0 Å². The van der Waals surface area contributed by atoms with Gasteiger partial charge in [-0.2, -0.15) is 0 Å². The van der Waals surface area contributed by atoms with Crippen molar-refractivity contribution in [1.82, 2.24) is 15.3 Å². The van der Waals surface area contributed by atoms with Crippen LogP contribution >= 0.6 is 11.6 Å². The molecule has 1 saturated heterocycles. The molecular weight excluding hydrogens is 348 g/mol. The molecule has 5 nitrogen and oxygen atoms in total. The summed E-state index contributed by atoms with van der Waals surface area (Å²) in [6, 6.07) is 7.98. The van der Waals surface area contributed by atoms with Crippen LogP contribution in [0.4, 0.5) is 5.82 Å². The zero-order chi connectivity index (χ0) is 18.0. The summed E-state index contributed by atoms with van der Waals surface area (Å²) in [6.45, 7) is 1.77. The van der Waals surface area contributed by atoms with Crippen LogP contribution in [0.5, 0.6) is 0 Å². The number of amides is 1. The van der Waals surface area contributed by atoms with Gasteiger partial charge in [-0.25, -0.2) is 4.98 Å². The van der Waals surface area contributed by atoms with Gasteiger partial charge in [0.05, 0.1) is 11.6 Å². The third-order valence-corrected chi connectivity index (χ3v) is 5.99. The number of nitrogens with one attached hydrogen (secondary N) is 1. The molecule has 26 heavy (non-hydrogen) atoms. The van der Waals surface area contributed by atoms with Gasteiger partial charge in [-0.15, -0.1) is 0 Å². The van der Waals surface area contributed by atoms with E-state index in [4.69, 9.17) is 11.6 Å². The Morgan fingerprint density at radius 3 is 2.46 bits per heavy atom. The minimum Gasteiger partial charge on any atom is -0.355 e. The quantitative estimate of drug-likeness (QED) is 0.896. The van der Waals surface area contributed by atoms with Crippen molar-refractivity contribution in [2.24, 2.45) is 0 Å². The van der Waals surface area contributed by atoms with Crippen LogP contribution in [0.15, 0.2) is 42.9 Å². The van der Waals surface area contributed by atoms with E-state index < -0.39 is 0 Å². The van der Waals surface area contributed by atoms with Crippen LogP contribution in [-0.4, -0.2) is 35.0 Å². The summed E-state index contributed by atoms with van der Waals surface area (Å²) in [5, 5.41) is 4.02. The van der Waals surface area contributed by atoms with Crippen molar-refractivity contribution < 1.29 is 4.79 Å². The van der Waals surface area contributed by atoms with E-state index in [1.54, 1.807) is 18.6 Å². The number of aromatic nitrogens is 2. The molecule has 0 bridgehead atoms. The number of benzene rings is 1. The molecule has 0 radical (unpaired) electrons. The highest BCUT2D eigenvalue weighted by Gasteiger charge is 2.46. The Labute approximate surface area is 158 Å². The molecule has 2 heterocycles. The lowest BCUT2D eigenvalue weighted by molar-refractivity contribution is -0.130. The molecule has 4 rings (SSSR count).